The van der Waals surface area contributed by atoms with E-state index in [9.17, 15) is 0 Å². The van der Waals surface area contributed by atoms with Crippen molar-refractivity contribution >= 4 is 28.9 Å². The summed E-state index contributed by atoms with van der Waals surface area (Å²) in [5.74, 6) is 1.71. The second-order valence-electron chi connectivity index (χ2n) is 3.71. The molecule has 1 heterocycles. The third-order valence-electron chi connectivity index (χ3n) is 2.54. The molecule has 0 amide bonds. The largest absolute Gasteiger partial charge is 0.495 e. The van der Waals surface area contributed by atoms with Crippen LogP contribution in [0, 0.1) is 6.92 Å². The zero-order chi connectivity index (χ0) is 13.1. The number of rotatable bonds is 3. The van der Waals surface area contributed by atoms with Gasteiger partial charge in [-0.3, -0.25) is 0 Å². The summed E-state index contributed by atoms with van der Waals surface area (Å²) in [7, 11) is 1.57. The molecule has 0 aliphatic heterocycles. The van der Waals surface area contributed by atoms with Crippen molar-refractivity contribution in [2.45, 2.75) is 6.92 Å². The van der Waals surface area contributed by atoms with E-state index in [0.717, 1.165) is 11.3 Å². The topological polar surface area (TPSA) is 73.1 Å². The number of benzene rings is 1. The summed E-state index contributed by atoms with van der Waals surface area (Å²) in [6.07, 6.45) is 1.41. The first-order valence-electron chi connectivity index (χ1n) is 5.29. The maximum Gasteiger partial charge on any atom is 0.139 e. The molecular weight excluding hydrogens is 252 g/mol. The molecule has 0 aliphatic rings. The molecular formula is C12H13ClN4O. The molecule has 2 rings (SSSR count). The zero-order valence-electron chi connectivity index (χ0n) is 10.1. The van der Waals surface area contributed by atoms with Crippen LogP contribution in [0.25, 0.3) is 0 Å². The van der Waals surface area contributed by atoms with Crippen LogP contribution in [0.1, 0.15) is 5.56 Å². The number of nitrogen functional groups attached to an aromatic ring is 1. The maximum absolute atomic E-state index is 5.96. The molecule has 5 nitrogen and oxygen atoms in total. The van der Waals surface area contributed by atoms with Crippen molar-refractivity contribution < 1.29 is 4.74 Å². The van der Waals surface area contributed by atoms with Gasteiger partial charge in [0.15, 0.2) is 0 Å². The lowest BCUT2D eigenvalue weighted by Crippen LogP contribution is -2.02. The molecule has 2 aromatic rings. The minimum atomic E-state index is 0.452. The third kappa shape index (κ3) is 2.46. The highest BCUT2D eigenvalue weighted by molar-refractivity contribution is 6.32. The van der Waals surface area contributed by atoms with E-state index in [-0.39, 0.29) is 0 Å². The van der Waals surface area contributed by atoms with Gasteiger partial charge < -0.3 is 15.8 Å². The van der Waals surface area contributed by atoms with E-state index in [1.54, 1.807) is 19.2 Å². The summed E-state index contributed by atoms with van der Waals surface area (Å²) in [5, 5.41) is 3.70. The Morgan fingerprint density at radius 3 is 2.83 bits per heavy atom. The van der Waals surface area contributed by atoms with Crippen LogP contribution < -0.4 is 15.8 Å². The van der Waals surface area contributed by atoms with E-state index in [1.807, 2.05) is 13.0 Å². The fourth-order valence-corrected chi connectivity index (χ4v) is 1.66. The number of hydrogen-bond acceptors (Lipinski definition) is 5. The van der Waals surface area contributed by atoms with Crippen molar-refractivity contribution in [3.8, 4) is 5.75 Å². The van der Waals surface area contributed by atoms with Gasteiger partial charge in [0, 0.05) is 17.3 Å². The Morgan fingerprint density at radius 2 is 2.11 bits per heavy atom. The fraction of sp³-hybridized carbons (Fsp3) is 0.167. The Balaban J connectivity index is 2.31. The molecule has 0 bridgehead atoms. The summed E-state index contributed by atoms with van der Waals surface area (Å²) in [5.41, 5.74) is 7.33. The van der Waals surface area contributed by atoms with Crippen molar-refractivity contribution in [1.82, 2.24) is 9.97 Å². The summed E-state index contributed by atoms with van der Waals surface area (Å²) in [4.78, 5) is 8.05. The summed E-state index contributed by atoms with van der Waals surface area (Å²) in [6, 6.07) is 5.38. The van der Waals surface area contributed by atoms with E-state index in [0.29, 0.717) is 22.4 Å². The van der Waals surface area contributed by atoms with E-state index < -0.39 is 0 Å². The first-order valence-corrected chi connectivity index (χ1v) is 5.67. The Bertz CT molecular complexity index is 574. The highest BCUT2D eigenvalue weighted by Crippen LogP contribution is 2.29. The predicted octanol–water partition coefficient (Wildman–Crippen LogP) is 2.77. The summed E-state index contributed by atoms with van der Waals surface area (Å²) in [6.45, 7) is 1.85. The van der Waals surface area contributed by atoms with E-state index >= 15 is 0 Å². The number of halogens is 1. The molecule has 0 saturated carbocycles. The molecule has 0 saturated heterocycles. The van der Waals surface area contributed by atoms with Crippen LogP contribution in [0.4, 0.5) is 17.3 Å². The van der Waals surface area contributed by atoms with Gasteiger partial charge in [0.1, 0.15) is 23.7 Å². The zero-order valence-corrected chi connectivity index (χ0v) is 10.8. The molecule has 0 radical (unpaired) electrons. The fourth-order valence-electron chi connectivity index (χ4n) is 1.46. The second-order valence-corrected chi connectivity index (χ2v) is 4.11. The van der Waals surface area contributed by atoms with Gasteiger partial charge in [0.25, 0.3) is 0 Å². The lowest BCUT2D eigenvalue weighted by Gasteiger charge is -2.11. The predicted molar refractivity (Wildman–Crippen MR) is 72.5 cm³/mol. The number of ether oxygens (including phenoxy) is 1. The van der Waals surface area contributed by atoms with Gasteiger partial charge in [-0.05, 0) is 19.1 Å². The van der Waals surface area contributed by atoms with Crippen molar-refractivity contribution in [1.29, 1.82) is 0 Å². The lowest BCUT2D eigenvalue weighted by atomic mass is 10.2. The molecule has 0 spiro atoms. The van der Waals surface area contributed by atoms with Crippen molar-refractivity contribution in [2.24, 2.45) is 0 Å². The highest BCUT2D eigenvalue weighted by atomic mass is 35.5. The third-order valence-corrected chi connectivity index (χ3v) is 2.85. The standard InChI is InChI=1S/C12H13ClN4O/c1-7-11(14)15-6-16-12(7)17-8-3-4-9(13)10(5-8)18-2/h3-6H,1-2H3,(H3,14,15,16,17). The minimum absolute atomic E-state index is 0.452. The first-order chi connectivity index (χ1) is 8.61. The Labute approximate surface area is 110 Å². The molecule has 3 N–H and O–H groups in total. The van der Waals surface area contributed by atoms with Crippen LogP contribution in [-0.2, 0) is 0 Å². The molecule has 18 heavy (non-hydrogen) atoms. The van der Waals surface area contributed by atoms with Gasteiger partial charge in [-0.25, -0.2) is 9.97 Å². The number of methoxy groups -OCH3 is 1. The smallest absolute Gasteiger partial charge is 0.139 e. The molecule has 1 aromatic heterocycles. The SMILES string of the molecule is COc1cc(Nc2ncnc(N)c2C)ccc1Cl. The second kappa shape index (κ2) is 5.10. The van der Waals surface area contributed by atoms with Crippen LogP contribution >= 0.6 is 11.6 Å². The maximum atomic E-state index is 5.96. The molecule has 0 aliphatic carbocycles. The van der Waals surface area contributed by atoms with Crippen LogP contribution in [0.3, 0.4) is 0 Å². The van der Waals surface area contributed by atoms with Gasteiger partial charge >= 0.3 is 0 Å². The molecule has 1 aromatic carbocycles. The molecule has 94 valence electrons. The van der Waals surface area contributed by atoms with Crippen LogP contribution in [0.5, 0.6) is 5.75 Å². The quantitative estimate of drug-likeness (QED) is 0.892. The van der Waals surface area contributed by atoms with Crippen molar-refractivity contribution in [2.75, 3.05) is 18.2 Å². The summed E-state index contributed by atoms with van der Waals surface area (Å²) >= 11 is 5.96. The molecule has 0 unspecified atom stereocenters. The highest BCUT2D eigenvalue weighted by Gasteiger charge is 2.06. The number of aromatic nitrogens is 2. The monoisotopic (exact) mass is 264 g/mol. The lowest BCUT2D eigenvalue weighted by molar-refractivity contribution is 0.415. The number of hydrogen-bond donors (Lipinski definition) is 2. The Hall–Kier alpha value is -2.01. The Morgan fingerprint density at radius 1 is 1.33 bits per heavy atom. The normalized spacial score (nSPS) is 10.2. The minimum Gasteiger partial charge on any atom is -0.495 e. The van der Waals surface area contributed by atoms with E-state index in [4.69, 9.17) is 22.1 Å². The van der Waals surface area contributed by atoms with Crippen LogP contribution in [-0.4, -0.2) is 17.1 Å². The number of nitrogens with two attached hydrogens (primary N) is 1. The van der Waals surface area contributed by atoms with E-state index in [1.165, 1.54) is 6.33 Å². The summed E-state index contributed by atoms with van der Waals surface area (Å²) < 4.78 is 5.15. The van der Waals surface area contributed by atoms with E-state index in [2.05, 4.69) is 15.3 Å². The first kappa shape index (κ1) is 12.4. The van der Waals surface area contributed by atoms with Crippen LogP contribution in [0.15, 0.2) is 24.5 Å². The van der Waals surface area contributed by atoms with Gasteiger partial charge in [-0.15, -0.1) is 0 Å². The van der Waals surface area contributed by atoms with Gasteiger partial charge in [-0.1, -0.05) is 11.6 Å². The molecule has 0 fully saturated rings. The molecule has 0 atom stereocenters. The van der Waals surface area contributed by atoms with Gasteiger partial charge in [0.05, 0.1) is 12.1 Å². The van der Waals surface area contributed by atoms with Crippen molar-refractivity contribution in [3.63, 3.8) is 0 Å². The number of nitrogens with zero attached hydrogens (tertiary/aromatic N) is 2. The average Bonchev–Trinajstić information content (AvgIpc) is 2.37. The Kier molecular flexibility index (Phi) is 3.53. The van der Waals surface area contributed by atoms with Gasteiger partial charge in [-0.2, -0.15) is 0 Å². The van der Waals surface area contributed by atoms with Gasteiger partial charge in [0.2, 0.25) is 0 Å². The number of anilines is 3. The van der Waals surface area contributed by atoms with Crippen LogP contribution in [0.2, 0.25) is 5.02 Å². The number of nitrogens with one attached hydrogen (secondary N) is 1. The van der Waals surface area contributed by atoms with Crippen molar-refractivity contribution in [3.05, 3.63) is 35.1 Å². The molecule has 6 heteroatoms. The average molecular weight is 265 g/mol.